The summed E-state index contributed by atoms with van der Waals surface area (Å²) in [6.07, 6.45) is 0. The van der Waals surface area contributed by atoms with Gasteiger partial charge in [0, 0.05) is 12.8 Å². The van der Waals surface area contributed by atoms with E-state index in [0.29, 0.717) is 16.8 Å². The molecule has 1 aromatic heterocycles. The maximum Gasteiger partial charge on any atom is 0.340 e. The van der Waals surface area contributed by atoms with Crippen molar-refractivity contribution >= 4 is 17.6 Å². The van der Waals surface area contributed by atoms with E-state index in [4.69, 9.17) is 9.47 Å². The number of amides is 1. The average Bonchev–Trinajstić information content (AvgIpc) is 2.84. The summed E-state index contributed by atoms with van der Waals surface area (Å²) in [6.45, 7) is 3.71. The molecule has 2 N–H and O–H groups in total. The molecule has 0 aliphatic heterocycles. The molecule has 0 fully saturated rings. The van der Waals surface area contributed by atoms with E-state index < -0.39 is 17.7 Å². The third-order valence-corrected chi connectivity index (χ3v) is 3.51. The monoisotopic (exact) mass is 334 g/mol. The van der Waals surface area contributed by atoms with Gasteiger partial charge in [0.2, 0.25) is 0 Å². The molecule has 1 heterocycles. The minimum Gasteiger partial charge on any atom is -0.460 e. The van der Waals surface area contributed by atoms with Crippen LogP contribution in [0.5, 0.6) is 0 Å². The molecule has 0 saturated carbocycles. The number of para-hydroxylation sites is 1. The predicted octanol–water partition coefficient (Wildman–Crippen LogP) is 2.83. The summed E-state index contributed by atoms with van der Waals surface area (Å²) >= 11 is 0. The number of halogens is 1. The number of hydrogen-bond donors (Lipinski definition) is 2. The lowest BCUT2D eigenvalue weighted by Gasteiger charge is -2.06. The summed E-state index contributed by atoms with van der Waals surface area (Å²) in [5.41, 5.74) is 1.51. The highest BCUT2D eigenvalue weighted by Gasteiger charge is 2.23. The number of benzene rings is 1. The van der Waals surface area contributed by atoms with Gasteiger partial charge in [0.05, 0.1) is 17.9 Å². The first-order chi connectivity index (χ1) is 11.5. The van der Waals surface area contributed by atoms with Crippen molar-refractivity contribution in [3.63, 3.8) is 0 Å². The normalized spacial score (nSPS) is 10.5. The van der Waals surface area contributed by atoms with Gasteiger partial charge in [-0.2, -0.15) is 0 Å². The van der Waals surface area contributed by atoms with Gasteiger partial charge in [-0.05, 0) is 31.5 Å². The maximum absolute atomic E-state index is 13.6. The lowest BCUT2D eigenvalue weighted by molar-refractivity contribution is 0.0387. The van der Waals surface area contributed by atoms with Crippen LogP contribution in [0, 0.1) is 19.7 Å². The number of carbonyl (C=O) groups is 2. The fourth-order valence-electron chi connectivity index (χ4n) is 2.32. The van der Waals surface area contributed by atoms with Gasteiger partial charge in [-0.3, -0.25) is 4.79 Å². The lowest BCUT2D eigenvalue weighted by Crippen LogP contribution is -2.15. The van der Waals surface area contributed by atoms with Gasteiger partial charge in [0.15, 0.2) is 0 Å². The second-order valence-electron chi connectivity index (χ2n) is 5.19. The van der Waals surface area contributed by atoms with Crippen LogP contribution >= 0.6 is 0 Å². The molecule has 1 amide bonds. The maximum atomic E-state index is 13.6. The SMILES string of the molecule is COCCOC(=O)c1c(C)[nH]c(C(=O)Nc2ccccc2F)c1C. The molecule has 0 aliphatic rings. The second kappa shape index (κ2) is 7.74. The predicted molar refractivity (Wildman–Crippen MR) is 86.8 cm³/mol. The molecule has 2 aromatic rings. The first-order valence-corrected chi connectivity index (χ1v) is 7.36. The molecule has 24 heavy (non-hydrogen) atoms. The first kappa shape index (κ1) is 17.7. The Bertz CT molecular complexity index is 755. The van der Waals surface area contributed by atoms with E-state index in [0.717, 1.165) is 0 Å². The minimum atomic E-state index is -0.539. The van der Waals surface area contributed by atoms with Gasteiger partial charge in [-0.25, -0.2) is 9.18 Å². The molecule has 128 valence electrons. The van der Waals surface area contributed by atoms with Crippen LogP contribution in [0.4, 0.5) is 10.1 Å². The Morgan fingerprint density at radius 2 is 1.92 bits per heavy atom. The summed E-state index contributed by atoms with van der Waals surface area (Å²) in [5.74, 6) is -1.61. The highest BCUT2D eigenvalue weighted by molar-refractivity contribution is 6.06. The molecule has 0 bridgehead atoms. The molecule has 0 radical (unpaired) electrons. The molecule has 2 rings (SSSR count). The third kappa shape index (κ3) is 3.80. The number of nitrogens with one attached hydrogen (secondary N) is 2. The lowest BCUT2D eigenvalue weighted by atomic mass is 10.1. The number of methoxy groups -OCH3 is 1. The Balaban J connectivity index is 2.20. The summed E-state index contributed by atoms with van der Waals surface area (Å²) in [5, 5.41) is 2.48. The number of anilines is 1. The van der Waals surface area contributed by atoms with Crippen molar-refractivity contribution in [2.75, 3.05) is 25.6 Å². The van der Waals surface area contributed by atoms with Gasteiger partial charge in [0.25, 0.3) is 5.91 Å². The summed E-state index contributed by atoms with van der Waals surface area (Å²) < 4.78 is 23.6. The standard InChI is InChI=1S/C17H19FN2O4/c1-10-14(17(22)24-9-8-23-3)11(2)19-15(10)16(21)20-13-7-5-4-6-12(13)18/h4-7,19H,8-9H2,1-3H3,(H,20,21). The fourth-order valence-corrected chi connectivity index (χ4v) is 2.32. The smallest absolute Gasteiger partial charge is 0.340 e. The number of esters is 1. The molecule has 6 nitrogen and oxygen atoms in total. The van der Waals surface area contributed by atoms with E-state index in [2.05, 4.69) is 10.3 Å². The van der Waals surface area contributed by atoms with E-state index in [1.54, 1.807) is 19.9 Å². The van der Waals surface area contributed by atoms with Gasteiger partial charge in [0.1, 0.15) is 18.1 Å². The topological polar surface area (TPSA) is 80.4 Å². The molecule has 0 unspecified atom stereocenters. The zero-order valence-electron chi connectivity index (χ0n) is 13.7. The zero-order valence-corrected chi connectivity index (χ0v) is 13.7. The molecule has 7 heteroatoms. The van der Waals surface area contributed by atoms with Gasteiger partial charge < -0.3 is 19.8 Å². The van der Waals surface area contributed by atoms with E-state index in [9.17, 15) is 14.0 Å². The van der Waals surface area contributed by atoms with Crippen molar-refractivity contribution in [3.05, 3.63) is 52.6 Å². The van der Waals surface area contributed by atoms with Crippen LogP contribution in [0.15, 0.2) is 24.3 Å². The molecule has 0 spiro atoms. The third-order valence-electron chi connectivity index (χ3n) is 3.51. The van der Waals surface area contributed by atoms with E-state index >= 15 is 0 Å². The number of ether oxygens (including phenoxy) is 2. The second-order valence-corrected chi connectivity index (χ2v) is 5.19. The Kier molecular flexibility index (Phi) is 5.70. The van der Waals surface area contributed by atoms with Gasteiger partial charge >= 0.3 is 5.97 Å². The van der Waals surface area contributed by atoms with Crippen molar-refractivity contribution in [3.8, 4) is 0 Å². The zero-order chi connectivity index (χ0) is 17.7. The number of carbonyl (C=O) groups excluding carboxylic acids is 2. The van der Waals surface area contributed by atoms with Crippen molar-refractivity contribution in [2.45, 2.75) is 13.8 Å². The Morgan fingerprint density at radius 1 is 1.21 bits per heavy atom. The van der Waals surface area contributed by atoms with Crippen LogP contribution in [-0.4, -0.2) is 37.2 Å². The molecule has 0 saturated heterocycles. The Hall–Kier alpha value is -2.67. The average molecular weight is 334 g/mol. The molecule has 1 aromatic carbocycles. The summed E-state index contributed by atoms with van der Waals surface area (Å²) in [7, 11) is 1.51. The summed E-state index contributed by atoms with van der Waals surface area (Å²) in [4.78, 5) is 27.3. The minimum absolute atomic E-state index is 0.0679. The van der Waals surface area contributed by atoms with Crippen LogP contribution < -0.4 is 5.32 Å². The number of rotatable bonds is 6. The Morgan fingerprint density at radius 3 is 2.58 bits per heavy atom. The van der Waals surface area contributed by atoms with Crippen LogP contribution in [0.1, 0.15) is 32.1 Å². The van der Waals surface area contributed by atoms with Gasteiger partial charge in [-0.1, -0.05) is 12.1 Å². The first-order valence-electron chi connectivity index (χ1n) is 7.36. The molecule has 0 aliphatic carbocycles. The quantitative estimate of drug-likeness (QED) is 0.629. The van der Waals surface area contributed by atoms with Crippen molar-refractivity contribution in [2.24, 2.45) is 0 Å². The fraction of sp³-hybridized carbons (Fsp3) is 0.294. The number of aromatic amines is 1. The van der Waals surface area contributed by atoms with Crippen molar-refractivity contribution in [1.29, 1.82) is 0 Å². The largest absolute Gasteiger partial charge is 0.460 e. The highest BCUT2D eigenvalue weighted by Crippen LogP contribution is 2.21. The highest BCUT2D eigenvalue weighted by atomic mass is 19.1. The van der Waals surface area contributed by atoms with E-state index in [1.807, 2.05) is 0 Å². The van der Waals surface area contributed by atoms with Gasteiger partial charge in [-0.15, -0.1) is 0 Å². The molecular formula is C17H19FN2O4. The number of aromatic nitrogens is 1. The van der Waals surface area contributed by atoms with Crippen molar-refractivity contribution in [1.82, 2.24) is 4.98 Å². The number of H-pyrrole nitrogens is 1. The Labute approximate surface area is 139 Å². The number of aryl methyl sites for hydroxylation is 1. The van der Waals surface area contributed by atoms with Crippen LogP contribution in [0.2, 0.25) is 0 Å². The molecule has 0 atom stereocenters. The van der Waals surface area contributed by atoms with Crippen LogP contribution in [0.25, 0.3) is 0 Å². The van der Waals surface area contributed by atoms with E-state index in [1.165, 1.54) is 25.3 Å². The van der Waals surface area contributed by atoms with Crippen LogP contribution in [-0.2, 0) is 9.47 Å². The molecular weight excluding hydrogens is 315 g/mol. The van der Waals surface area contributed by atoms with Crippen molar-refractivity contribution < 1.29 is 23.5 Å². The van der Waals surface area contributed by atoms with Crippen LogP contribution in [0.3, 0.4) is 0 Å². The van der Waals surface area contributed by atoms with E-state index in [-0.39, 0.29) is 24.6 Å². The number of hydrogen-bond acceptors (Lipinski definition) is 4. The summed E-state index contributed by atoms with van der Waals surface area (Å²) in [6, 6.07) is 5.85.